The Morgan fingerprint density at radius 3 is 2.08 bits per heavy atom. The number of rotatable bonds is 4. The lowest BCUT2D eigenvalue weighted by molar-refractivity contribution is -0.119. The molecule has 24 heavy (non-hydrogen) atoms. The van der Waals surface area contributed by atoms with Gasteiger partial charge in [0.15, 0.2) is 6.61 Å². The molecule has 0 fully saturated rings. The molecule has 0 unspecified atom stereocenters. The second-order valence-electron chi connectivity index (χ2n) is 6.82. The molecule has 0 atom stereocenters. The largest absolute Gasteiger partial charge is 0.452 e. The van der Waals surface area contributed by atoms with Crippen LogP contribution in [0.5, 0.6) is 0 Å². The van der Waals surface area contributed by atoms with E-state index in [1.165, 1.54) is 5.56 Å². The summed E-state index contributed by atoms with van der Waals surface area (Å²) in [5.41, 5.74) is 3.42. The summed E-state index contributed by atoms with van der Waals surface area (Å²) in [6.45, 7) is 8.02. The van der Waals surface area contributed by atoms with Gasteiger partial charge in [0.05, 0.1) is 5.56 Å². The molecule has 2 rings (SSSR count). The number of hydrogen-bond acceptors (Lipinski definition) is 3. The van der Waals surface area contributed by atoms with Gasteiger partial charge in [-0.1, -0.05) is 50.6 Å². The molecule has 0 heterocycles. The normalized spacial score (nSPS) is 11.0. The molecule has 1 N–H and O–H groups in total. The van der Waals surface area contributed by atoms with Crippen LogP contribution in [0.2, 0.25) is 0 Å². The first-order valence-electron chi connectivity index (χ1n) is 7.90. The zero-order chi connectivity index (χ0) is 17.7. The predicted octanol–water partition coefficient (Wildman–Crippen LogP) is 4.09. The summed E-state index contributed by atoms with van der Waals surface area (Å²) in [4.78, 5) is 23.8. The number of anilines is 1. The lowest BCUT2D eigenvalue weighted by atomic mass is 9.87. The maximum atomic E-state index is 11.9. The highest BCUT2D eigenvalue weighted by Gasteiger charge is 2.14. The highest BCUT2D eigenvalue weighted by molar-refractivity contribution is 5.95. The molecule has 4 nitrogen and oxygen atoms in total. The second-order valence-corrected chi connectivity index (χ2v) is 6.82. The lowest BCUT2D eigenvalue weighted by Gasteiger charge is -2.19. The fourth-order valence-corrected chi connectivity index (χ4v) is 2.15. The molecular formula is C20H23NO3. The van der Waals surface area contributed by atoms with E-state index in [4.69, 9.17) is 4.74 Å². The van der Waals surface area contributed by atoms with Crippen LogP contribution in [-0.2, 0) is 14.9 Å². The average molecular weight is 325 g/mol. The zero-order valence-electron chi connectivity index (χ0n) is 14.6. The van der Waals surface area contributed by atoms with Crippen LogP contribution >= 0.6 is 0 Å². The topological polar surface area (TPSA) is 55.4 Å². The number of esters is 1. The van der Waals surface area contributed by atoms with Gasteiger partial charge in [0.2, 0.25) is 0 Å². The van der Waals surface area contributed by atoms with Crippen molar-refractivity contribution < 1.29 is 14.3 Å². The van der Waals surface area contributed by atoms with E-state index >= 15 is 0 Å². The predicted molar refractivity (Wildman–Crippen MR) is 95.2 cm³/mol. The molecule has 0 saturated heterocycles. The maximum Gasteiger partial charge on any atom is 0.338 e. The van der Waals surface area contributed by atoms with Crippen LogP contribution < -0.4 is 5.32 Å². The molecule has 0 bridgehead atoms. The van der Waals surface area contributed by atoms with Crippen molar-refractivity contribution in [1.82, 2.24) is 0 Å². The molecule has 1 amide bonds. The molecule has 0 aliphatic carbocycles. The Bertz CT molecular complexity index is 710. The number of carbonyl (C=O) groups is 2. The Kier molecular flexibility index (Phi) is 5.39. The van der Waals surface area contributed by atoms with Gasteiger partial charge < -0.3 is 10.1 Å². The van der Waals surface area contributed by atoms with Gasteiger partial charge in [0.25, 0.3) is 5.91 Å². The Morgan fingerprint density at radius 2 is 1.54 bits per heavy atom. The number of aryl methyl sites for hydroxylation is 1. The van der Waals surface area contributed by atoms with Crippen LogP contribution in [-0.4, -0.2) is 18.5 Å². The van der Waals surface area contributed by atoms with Crippen molar-refractivity contribution in [3.05, 3.63) is 65.2 Å². The smallest absolute Gasteiger partial charge is 0.338 e. The third-order valence-corrected chi connectivity index (χ3v) is 3.66. The number of benzene rings is 2. The fourth-order valence-electron chi connectivity index (χ4n) is 2.15. The number of ether oxygens (including phenoxy) is 1. The van der Waals surface area contributed by atoms with Gasteiger partial charge in [-0.2, -0.15) is 0 Å². The summed E-state index contributed by atoms with van der Waals surface area (Å²) in [5, 5.41) is 2.72. The van der Waals surface area contributed by atoms with Crippen LogP contribution in [0.25, 0.3) is 0 Å². The van der Waals surface area contributed by atoms with E-state index < -0.39 is 5.97 Å². The summed E-state index contributed by atoms with van der Waals surface area (Å²) in [6, 6.07) is 14.7. The highest BCUT2D eigenvalue weighted by atomic mass is 16.5. The van der Waals surface area contributed by atoms with Crippen LogP contribution in [0.1, 0.15) is 42.3 Å². The van der Waals surface area contributed by atoms with Crippen molar-refractivity contribution in [2.45, 2.75) is 33.1 Å². The van der Waals surface area contributed by atoms with Crippen LogP contribution in [0, 0.1) is 6.92 Å². The molecule has 4 heteroatoms. The SMILES string of the molecule is Cc1ccc(C(=O)OCC(=O)Nc2ccc(C(C)(C)C)cc2)cc1. The third kappa shape index (κ3) is 4.95. The first-order chi connectivity index (χ1) is 11.3. The van der Waals surface area contributed by atoms with Gasteiger partial charge in [-0.25, -0.2) is 4.79 Å². The lowest BCUT2D eigenvalue weighted by Crippen LogP contribution is -2.21. The molecule has 0 aromatic heterocycles. The molecule has 126 valence electrons. The molecule has 2 aromatic rings. The zero-order valence-corrected chi connectivity index (χ0v) is 14.6. The van der Waals surface area contributed by atoms with Gasteiger partial charge in [-0.3, -0.25) is 4.79 Å². The quantitative estimate of drug-likeness (QED) is 0.862. The van der Waals surface area contributed by atoms with Gasteiger partial charge in [0, 0.05) is 5.69 Å². The number of carbonyl (C=O) groups excluding carboxylic acids is 2. The van der Waals surface area contributed by atoms with E-state index in [1.54, 1.807) is 12.1 Å². The Labute approximate surface area is 142 Å². The standard InChI is InChI=1S/C20H23NO3/c1-14-5-7-15(8-6-14)19(23)24-13-18(22)21-17-11-9-16(10-12-17)20(2,3)4/h5-12H,13H2,1-4H3,(H,21,22). The molecule has 0 aliphatic rings. The Morgan fingerprint density at radius 1 is 0.958 bits per heavy atom. The van der Waals surface area contributed by atoms with Crippen molar-refractivity contribution >= 4 is 17.6 Å². The van der Waals surface area contributed by atoms with E-state index in [9.17, 15) is 9.59 Å². The number of nitrogens with one attached hydrogen (secondary N) is 1. The molecule has 0 radical (unpaired) electrons. The Balaban J connectivity index is 1.87. The summed E-state index contributed by atoms with van der Waals surface area (Å²) >= 11 is 0. The van der Waals surface area contributed by atoms with E-state index in [2.05, 4.69) is 26.1 Å². The van der Waals surface area contributed by atoms with E-state index in [-0.39, 0.29) is 17.9 Å². The first kappa shape index (κ1) is 17.7. The monoisotopic (exact) mass is 325 g/mol. The minimum atomic E-state index is -0.506. The number of amides is 1. The van der Waals surface area contributed by atoms with Gasteiger partial charge in [0.1, 0.15) is 0 Å². The van der Waals surface area contributed by atoms with Gasteiger partial charge in [-0.05, 0) is 42.2 Å². The Hall–Kier alpha value is -2.62. The molecule has 0 aliphatic heterocycles. The third-order valence-electron chi connectivity index (χ3n) is 3.66. The van der Waals surface area contributed by atoms with Crippen LogP contribution in [0.3, 0.4) is 0 Å². The average Bonchev–Trinajstić information content (AvgIpc) is 2.53. The molecule has 0 spiro atoms. The van der Waals surface area contributed by atoms with E-state index in [0.29, 0.717) is 11.3 Å². The van der Waals surface area contributed by atoms with Crippen molar-refractivity contribution in [2.24, 2.45) is 0 Å². The summed E-state index contributed by atoms with van der Waals surface area (Å²) in [5.74, 6) is -0.868. The van der Waals surface area contributed by atoms with Crippen LogP contribution in [0.15, 0.2) is 48.5 Å². The van der Waals surface area contributed by atoms with Gasteiger partial charge in [-0.15, -0.1) is 0 Å². The van der Waals surface area contributed by atoms with Crippen molar-refractivity contribution in [1.29, 1.82) is 0 Å². The number of hydrogen-bond donors (Lipinski definition) is 1. The molecular weight excluding hydrogens is 302 g/mol. The molecule has 2 aromatic carbocycles. The van der Waals surface area contributed by atoms with E-state index in [0.717, 1.165) is 5.56 Å². The second kappa shape index (κ2) is 7.30. The first-order valence-corrected chi connectivity index (χ1v) is 7.90. The minimum absolute atomic E-state index is 0.0616. The summed E-state index contributed by atoms with van der Waals surface area (Å²) < 4.78 is 5.03. The molecule has 0 saturated carbocycles. The fraction of sp³-hybridized carbons (Fsp3) is 0.300. The van der Waals surface area contributed by atoms with E-state index in [1.807, 2.05) is 43.3 Å². The van der Waals surface area contributed by atoms with Crippen molar-refractivity contribution in [3.63, 3.8) is 0 Å². The highest BCUT2D eigenvalue weighted by Crippen LogP contribution is 2.23. The van der Waals surface area contributed by atoms with Crippen LogP contribution in [0.4, 0.5) is 5.69 Å². The van der Waals surface area contributed by atoms with Crippen molar-refractivity contribution in [2.75, 3.05) is 11.9 Å². The summed E-state index contributed by atoms with van der Waals surface area (Å²) in [6.07, 6.45) is 0. The summed E-state index contributed by atoms with van der Waals surface area (Å²) in [7, 11) is 0. The minimum Gasteiger partial charge on any atom is -0.452 e. The van der Waals surface area contributed by atoms with Gasteiger partial charge >= 0.3 is 5.97 Å². The maximum absolute atomic E-state index is 11.9. The van der Waals surface area contributed by atoms with Crippen molar-refractivity contribution in [3.8, 4) is 0 Å².